The molecule has 0 aliphatic carbocycles. The first-order chi connectivity index (χ1) is 8.13. The quantitative estimate of drug-likeness (QED) is 0.462. The lowest BCUT2D eigenvalue weighted by Crippen LogP contribution is -2.16. The highest BCUT2D eigenvalue weighted by molar-refractivity contribution is 5.70. The van der Waals surface area contributed by atoms with Crippen molar-refractivity contribution in [3.8, 4) is 0 Å². The van der Waals surface area contributed by atoms with Gasteiger partial charge in [-0.1, -0.05) is 13.8 Å². The molecule has 0 fully saturated rings. The Labute approximate surface area is 104 Å². The molecule has 0 aromatic heterocycles. The Hall–Kier alpha value is -1.06. The van der Waals surface area contributed by atoms with Crippen LogP contribution in [0.15, 0.2) is 0 Å². The van der Waals surface area contributed by atoms with E-state index in [-0.39, 0.29) is 18.0 Å². The second-order valence-electron chi connectivity index (χ2n) is 3.94. The van der Waals surface area contributed by atoms with Gasteiger partial charge in [0.25, 0.3) is 0 Å². The minimum absolute atomic E-state index is 0.0348. The highest BCUT2D eigenvalue weighted by Gasteiger charge is 2.10. The summed E-state index contributed by atoms with van der Waals surface area (Å²) in [6.07, 6.45) is 3.86. The van der Waals surface area contributed by atoms with Crippen LogP contribution in [0.5, 0.6) is 0 Å². The van der Waals surface area contributed by atoms with E-state index >= 15 is 0 Å². The second kappa shape index (κ2) is 10.1. The molecule has 0 N–H and O–H groups in total. The van der Waals surface area contributed by atoms with Crippen LogP contribution in [-0.4, -0.2) is 24.6 Å². The molecule has 0 aliphatic heterocycles. The van der Waals surface area contributed by atoms with Crippen molar-refractivity contribution in [1.29, 1.82) is 0 Å². The average molecular weight is 244 g/mol. The van der Waals surface area contributed by atoms with Crippen molar-refractivity contribution >= 4 is 11.9 Å². The Balaban J connectivity index is 3.54. The van der Waals surface area contributed by atoms with Crippen LogP contribution in [0.2, 0.25) is 0 Å². The fourth-order valence-electron chi connectivity index (χ4n) is 1.47. The molecule has 0 aromatic rings. The monoisotopic (exact) mass is 244 g/mol. The number of esters is 2. The largest absolute Gasteiger partial charge is 0.466 e. The zero-order valence-corrected chi connectivity index (χ0v) is 11.2. The van der Waals surface area contributed by atoms with Gasteiger partial charge in [-0.25, -0.2) is 0 Å². The fourth-order valence-corrected chi connectivity index (χ4v) is 1.47. The fraction of sp³-hybridized carbons (Fsp3) is 0.846. The van der Waals surface area contributed by atoms with Crippen LogP contribution in [0.4, 0.5) is 0 Å². The van der Waals surface area contributed by atoms with Crippen LogP contribution < -0.4 is 0 Å². The number of carbonyl (C=O) groups is 2. The highest BCUT2D eigenvalue weighted by Crippen LogP contribution is 2.07. The third-order valence-corrected chi connectivity index (χ3v) is 2.53. The molecular weight excluding hydrogens is 220 g/mol. The molecular formula is C13H24O4. The molecule has 0 bridgehead atoms. The zero-order chi connectivity index (χ0) is 13.1. The predicted molar refractivity (Wildman–Crippen MR) is 65.6 cm³/mol. The van der Waals surface area contributed by atoms with E-state index in [1.165, 1.54) is 0 Å². The zero-order valence-electron chi connectivity index (χ0n) is 11.2. The van der Waals surface area contributed by atoms with E-state index in [1.54, 1.807) is 6.92 Å². The van der Waals surface area contributed by atoms with Crippen LogP contribution >= 0.6 is 0 Å². The van der Waals surface area contributed by atoms with Crippen LogP contribution in [-0.2, 0) is 19.1 Å². The van der Waals surface area contributed by atoms with Crippen LogP contribution in [0.25, 0.3) is 0 Å². The molecule has 0 saturated heterocycles. The number of carbonyl (C=O) groups excluding carboxylic acids is 2. The van der Waals surface area contributed by atoms with Gasteiger partial charge in [0, 0.05) is 12.8 Å². The van der Waals surface area contributed by atoms with E-state index in [0.717, 1.165) is 12.8 Å². The SMILES string of the molecule is CCOC(=O)CCCCC(=O)OC(CC)CC. The molecule has 0 saturated carbocycles. The third-order valence-electron chi connectivity index (χ3n) is 2.53. The van der Waals surface area contributed by atoms with Crippen LogP contribution in [0.3, 0.4) is 0 Å². The van der Waals surface area contributed by atoms with E-state index in [4.69, 9.17) is 9.47 Å². The highest BCUT2D eigenvalue weighted by atomic mass is 16.5. The Morgan fingerprint density at radius 1 is 0.941 bits per heavy atom. The number of ether oxygens (including phenoxy) is 2. The topological polar surface area (TPSA) is 52.6 Å². The standard InChI is InChI=1S/C13H24O4/c1-4-11(5-2)17-13(15)10-8-7-9-12(14)16-6-3/h11H,4-10H2,1-3H3. The molecule has 17 heavy (non-hydrogen) atoms. The van der Waals surface area contributed by atoms with Crippen molar-refractivity contribution in [2.45, 2.75) is 65.4 Å². The molecule has 4 nitrogen and oxygen atoms in total. The first-order valence-corrected chi connectivity index (χ1v) is 6.49. The minimum atomic E-state index is -0.194. The molecule has 0 aliphatic rings. The summed E-state index contributed by atoms with van der Waals surface area (Å²) in [5.41, 5.74) is 0. The molecule has 0 aromatic carbocycles. The van der Waals surface area contributed by atoms with Gasteiger partial charge in [0.1, 0.15) is 6.10 Å². The van der Waals surface area contributed by atoms with Crippen LogP contribution in [0, 0.1) is 0 Å². The molecule has 0 atom stereocenters. The predicted octanol–water partition coefficient (Wildman–Crippen LogP) is 2.84. The normalized spacial score (nSPS) is 10.4. The summed E-state index contributed by atoms with van der Waals surface area (Å²) >= 11 is 0. The van der Waals surface area contributed by atoms with Gasteiger partial charge in [-0.15, -0.1) is 0 Å². The molecule has 4 heteroatoms. The smallest absolute Gasteiger partial charge is 0.306 e. The Bertz CT molecular complexity index is 221. The minimum Gasteiger partial charge on any atom is -0.466 e. The van der Waals surface area contributed by atoms with Crippen molar-refractivity contribution < 1.29 is 19.1 Å². The summed E-state index contributed by atoms with van der Waals surface area (Å²) in [4.78, 5) is 22.4. The van der Waals surface area contributed by atoms with Gasteiger partial charge in [0.2, 0.25) is 0 Å². The number of unbranched alkanes of at least 4 members (excludes halogenated alkanes) is 1. The molecule has 100 valence electrons. The summed E-state index contributed by atoms with van der Waals surface area (Å²) in [5, 5.41) is 0. The molecule has 0 amide bonds. The van der Waals surface area contributed by atoms with E-state index in [0.29, 0.717) is 32.3 Å². The maximum atomic E-state index is 11.4. The Morgan fingerprint density at radius 3 is 1.94 bits per heavy atom. The number of hydrogen-bond acceptors (Lipinski definition) is 4. The Morgan fingerprint density at radius 2 is 1.47 bits per heavy atom. The second-order valence-corrected chi connectivity index (χ2v) is 3.94. The summed E-state index contributed by atoms with van der Waals surface area (Å²) in [6.45, 7) is 6.20. The maximum Gasteiger partial charge on any atom is 0.306 e. The summed E-state index contributed by atoms with van der Waals surface area (Å²) < 4.78 is 10.0. The van der Waals surface area contributed by atoms with E-state index in [2.05, 4.69) is 0 Å². The molecule has 0 rings (SSSR count). The molecule has 0 spiro atoms. The first-order valence-electron chi connectivity index (χ1n) is 6.49. The third kappa shape index (κ3) is 8.72. The average Bonchev–Trinajstić information content (AvgIpc) is 2.32. The summed E-state index contributed by atoms with van der Waals surface area (Å²) in [7, 11) is 0. The lowest BCUT2D eigenvalue weighted by atomic mass is 10.2. The van der Waals surface area contributed by atoms with Gasteiger partial charge >= 0.3 is 11.9 Å². The first kappa shape index (κ1) is 15.9. The van der Waals surface area contributed by atoms with Crippen molar-refractivity contribution in [1.82, 2.24) is 0 Å². The van der Waals surface area contributed by atoms with Gasteiger partial charge in [-0.05, 0) is 32.6 Å². The summed E-state index contributed by atoms with van der Waals surface area (Å²) in [6, 6.07) is 0. The van der Waals surface area contributed by atoms with E-state index < -0.39 is 0 Å². The van der Waals surface area contributed by atoms with Gasteiger partial charge in [-0.3, -0.25) is 9.59 Å². The van der Waals surface area contributed by atoms with Gasteiger partial charge in [-0.2, -0.15) is 0 Å². The molecule has 0 unspecified atom stereocenters. The lowest BCUT2D eigenvalue weighted by molar-refractivity contribution is -0.150. The van der Waals surface area contributed by atoms with Crippen LogP contribution in [0.1, 0.15) is 59.3 Å². The van der Waals surface area contributed by atoms with Gasteiger partial charge in [0.15, 0.2) is 0 Å². The van der Waals surface area contributed by atoms with E-state index in [9.17, 15) is 9.59 Å². The van der Waals surface area contributed by atoms with Crippen molar-refractivity contribution in [3.05, 3.63) is 0 Å². The van der Waals surface area contributed by atoms with Crippen molar-refractivity contribution in [2.75, 3.05) is 6.61 Å². The van der Waals surface area contributed by atoms with Gasteiger partial charge in [0.05, 0.1) is 6.61 Å². The maximum absolute atomic E-state index is 11.4. The number of rotatable bonds is 9. The molecule has 0 heterocycles. The van der Waals surface area contributed by atoms with Gasteiger partial charge < -0.3 is 9.47 Å². The van der Waals surface area contributed by atoms with E-state index in [1.807, 2.05) is 13.8 Å². The molecule has 0 radical (unpaired) electrons. The summed E-state index contributed by atoms with van der Waals surface area (Å²) in [5.74, 6) is -0.358. The van der Waals surface area contributed by atoms with Crippen molar-refractivity contribution in [2.24, 2.45) is 0 Å². The van der Waals surface area contributed by atoms with Crippen molar-refractivity contribution in [3.63, 3.8) is 0 Å². The lowest BCUT2D eigenvalue weighted by Gasteiger charge is -2.13. The number of hydrogen-bond donors (Lipinski definition) is 0. The Kier molecular flexibility index (Phi) is 9.49.